The minimum Gasteiger partial charge on any atom is -0.361 e. The second-order valence-electron chi connectivity index (χ2n) is 6.15. The fourth-order valence-electron chi connectivity index (χ4n) is 2.91. The number of anilines is 1. The largest absolute Gasteiger partial charge is 0.361 e. The van der Waals surface area contributed by atoms with Crippen LogP contribution in [0.2, 0.25) is 0 Å². The van der Waals surface area contributed by atoms with Crippen LogP contribution in [-0.2, 0) is 11.2 Å². The van der Waals surface area contributed by atoms with Crippen molar-refractivity contribution >= 4 is 22.5 Å². The number of carbonyl (C=O) groups excluding carboxylic acids is 1. The molecule has 0 spiro atoms. The molecule has 3 aromatic rings. The molecule has 1 amide bonds. The second-order valence-corrected chi connectivity index (χ2v) is 6.15. The van der Waals surface area contributed by atoms with Gasteiger partial charge in [0.1, 0.15) is 0 Å². The molecule has 3 rings (SSSR count). The van der Waals surface area contributed by atoms with Crippen LogP contribution in [0, 0.1) is 13.8 Å². The van der Waals surface area contributed by atoms with Gasteiger partial charge < -0.3 is 15.6 Å². The van der Waals surface area contributed by atoms with E-state index >= 15 is 0 Å². The quantitative estimate of drug-likeness (QED) is 0.608. The summed E-state index contributed by atoms with van der Waals surface area (Å²) in [6.07, 6.45) is 2.93. The lowest BCUT2D eigenvalue weighted by atomic mass is 10.1. The predicted octanol–water partition coefficient (Wildman–Crippen LogP) is 3.56. The van der Waals surface area contributed by atoms with Crippen molar-refractivity contribution in [1.29, 1.82) is 0 Å². The molecular weight excluding hydrogens is 298 g/mol. The molecule has 0 radical (unpaired) electrons. The SMILES string of the molecule is Cc1ccc(NC(=O)CNCCc2c[nH]c3ccccc23)c(C)c1. The van der Waals surface area contributed by atoms with Crippen LogP contribution in [0.3, 0.4) is 0 Å². The molecule has 0 aliphatic rings. The van der Waals surface area contributed by atoms with E-state index in [1.54, 1.807) is 0 Å². The van der Waals surface area contributed by atoms with E-state index in [9.17, 15) is 4.79 Å². The second kappa shape index (κ2) is 7.32. The molecule has 4 heteroatoms. The molecule has 0 aliphatic heterocycles. The fourth-order valence-corrected chi connectivity index (χ4v) is 2.91. The Hall–Kier alpha value is -2.59. The summed E-state index contributed by atoms with van der Waals surface area (Å²) in [5, 5.41) is 7.42. The van der Waals surface area contributed by atoms with Gasteiger partial charge in [0.15, 0.2) is 0 Å². The van der Waals surface area contributed by atoms with Crippen LogP contribution in [0.4, 0.5) is 5.69 Å². The number of aryl methyl sites for hydroxylation is 2. The average Bonchev–Trinajstić information content (AvgIpc) is 2.98. The summed E-state index contributed by atoms with van der Waals surface area (Å²) < 4.78 is 0. The van der Waals surface area contributed by atoms with Gasteiger partial charge >= 0.3 is 0 Å². The van der Waals surface area contributed by atoms with Gasteiger partial charge in [0.25, 0.3) is 0 Å². The molecule has 0 bridgehead atoms. The summed E-state index contributed by atoms with van der Waals surface area (Å²) in [5.41, 5.74) is 5.58. The van der Waals surface area contributed by atoms with Gasteiger partial charge in [0.2, 0.25) is 5.91 Å². The van der Waals surface area contributed by atoms with E-state index in [1.807, 2.05) is 44.3 Å². The molecule has 1 aromatic heterocycles. The van der Waals surface area contributed by atoms with Crippen LogP contribution in [0.15, 0.2) is 48.7 Å². The van der Waals surface area contributed by atoms with Crippen molar-refractivity contribution in [1.82, 2.24) is 10.3 Å². The van der Waals surface area contributed by atoms with Crippen molar-refractivity contribution in [3.8, 4) is 0 Å². The Labute approximate surface area is 142 Å². The van der Waals surface area contributed by atoms with Crippen LogP contribution < -0.4 is 10.6 Å². The van der Waals surface area contributed by atoms with Crippen molar-refractivity contribution < 1.29 is 4.79 Å². The van der Waals surface area contributed by atoms with Gasteiger partial charge in [-0.15, -0.1) is 0 Å². The zero-order valence-electron chi connectivity index (χ0n) is 14.1. The van der Waals surface area contributed by atoms with E-state index in [2.05, 4.69) is 33.8 Å². The Kier molecular flexibility index (Phi) is 4.96. The van der Waals surface area contributed by atoms with Gasteiger partial charge in [-0.3, -0.25) is 4.79 Å². The molecule has 124 valence electrons. The Morgan fingerprint density at radius 2 is 1.96 bits per heavy atom. The van der Waals surface area contributed by atoms with Gasteiger partial charge in [0, 0.05) is 22.8 Å². The molecule has 2 aromatic carbocycles. The fraction of sp³-hybridized carbons (Fsp3) is 0.250. The lowest BCUT2D eigenvalue weighted by Crippen LogP contribution is -2.29. The van der Waals surface area contributed by atoms with Crippen LogP contribution in [0.1, 0.15) is 16.7 Å². The number of hydrogen-bond acceptors (Lipinski definition) is 2. The van der Waals surface area contributed by atoms with Crippen LogP contribution in [-0.4, -0.2) is 24.0 Å². The lowest BCUT2D eigenvalue weighted by Gasteiger charge is -2.10. The highest BCUT2D eigenvalue weighted by molar-refractivity contribution is 5.93. The lowest BCUT2D eigenvalue weighted by molar-refractivity contribution is -0.115. The third-order valence-electron chi connectivity index (χ3n) is 4.19. The third-order valence-corrected chi connectivity index (χ3v) is 4.19. The number of amides is 1. The van der Waals surface area contributed by atoms with E-state index in [1.165, 1.54) is 16.5 Å². The smallest absolute Gasteiger partial charge is 0.238 e. The van der Waals surface area contributed by atoms with Crippen molar-refractivity contribution in [2.45, 2.75) is 20.3 Å². The number of H-pyrrole nitrogens is 1. The van der Waals surface area contributed by atoms with E-state index in [4.69, 9.17) is 0 Å². The maximum absolute atomic E-state index is 12.0. The highest BCUT2D eigenvalue weighted by atomic mass is 16.1. The van der Waals surface area contributed by atoms with Crippen molar-refractivity contribution in [3.63, 3.8) is 0 Å². The molecule has 0 saturated heterocycles. The van der Waals surface area contributed by atoms with Gasteiger partial charge in [-0.2, -0.15) is 0 Å². The Morgan fingerprint density at radius 3 is 2.79 bits per heavy atom. The zero-order chi connectivity index (χ0) is 16.9. The van der Waals surface area contributed by atoms with Crippen molar-refractivity contribution in [2.75, 3.05) is 18.4 Å². The van der Waals surface area contributed by atoms with Crippen LogP contribution >= 0.6 is 0 Å². The number of nitrogens with one attached hydrogen (secondary N) is 3. The van der Waals surface area contributed by atoms with E-state index in [0.717, 1.165) is 29.7 Å². The first-order valence-corrected chi connectivity index (χ1v) is 8.26. The van der Waals surface area contributed by atoms with Crippen LogP contribution in [0.25, 0.3) is 10.9 Å². The van der Waals surface area contributed by atoms with E-state index < -0.39 is 0 Å². The summed E-state index contributed by atoms with van der Waals surface area (Å²) in [6.45, 7) is 5.13. The first-order chi connectivity index (χ1) is 11.6. The van der Waals surface area contributed by atoms with Gasteiger partial charge in [-0.1, -0.05) is 35.9 Å². The highest BCUT2D eigenvalue weighted by Crippen LogP contribution is 2.18. The van der Waals surface area contributed by atoms with E-state index in [0.29, 0.717) is 6.54 Å². The molecule has 1 heterocycles. The minimum atomic E-state index is -0.0131. The third kappa shape index (κ3) is 3.84. The normalized spacial score (nSPS) is 10.9. The van der Waals surface area contributed by atoms with E-state index in [-0.39, 0.29) is 5.91 Å². The molecule has 0 atom stereocenters. The molecule has 24 heavy (non-hydrogen) atoms. The molecule has 0 fully saturated rings. The average molecular weight is 321 g/mol. The topological polar surface area (TPSA) is 56.9 Å². The molecule has 0 saturated carbocycles. The number of rotatable bonds is 6. The standard InChI is InChI=1S/C20H23N3O/c1-14-7-8-18(15(2)11-14)23-20(24)13-21-10-9-16-12-22-19-6-4-3-5-17(16)19/h3-8,11-12,21-22H,9-10,13H2,1-2H3,(H,23,24). The molecule has 4 nitrogen and oxygen atoms in total. The maximum Gasteiger partial charge on any atom is 0.238 e. The Balaban J connectivity index is 1.47. The minimum absolute atomic E-state index is 0.0131. The number of fused-ring (bicyclic) bond motifs is 1. The molecule has 3 N–H and O–H groups in total. The van der Waals surface area contributed by atoms with Gasteiger partial charge in [-0.25, -0.2) is 0 Å². The zero-order valence-corrected chi connectivity index (χ0v) is 14.1. The summed E-state index contributed by atoms with van der Waals surface area (Å²) in [4.78, 5) is 15.3. The van der Waals surface area contributed by atoms with Crippen molar-refractivity contribution in [3.05, 3.63) is 65.4 Å². The number of hydrogen-bond donors (Lipinski definition) is 3. The monoisotopic (exact) mass is 321 g/mol. The number of aromatic amines is 1. The van der Waals surface area contributed by atoms with Crippen molar-refractivity contribution in [2.24, 2.45) is 0 Å². The number of para-hydroxylation sites is 1. The molecule has 0 unspecified atom stereocenters. The molecular formula is C20H23N3O. The van der Waals surface area contributed by atoms with Crippen LogP contribution in [0.5, 0.6) is 0 Å². The van der Waals surface area contributed by atoms with Gasteiger partial charge in [-0.05, 0) is 50.1 Å². The summed E-state index contributed by atoms with van der Waals surface area (Å²) in [5.74, 6) is -0.0131. The summed E-state index contributed by atoms with van der Waals surface area (Å²) in [7, 11) is 0. The summed E-state index contributed by atoms with van der Waals surface area (Å²) >= 11 is 0. The summed E-state index contributed by atoms with van der Waals surface area (Å²) in [6, 6.07) is 14.3. The number of benzene rings is 2. The first kappa shape index (κ1) is 16.3. The number of aromatic nitrogens is 1. The Bertz CT molecular complexity index is 851. The molecule has 0 aliphatic carbocycles. The number of carbonyl (C=O) groups is 1. The highest BCUT2D eigenvalue weighted by Gasteiger charge is 2.06. The van der Waals surface area contributed by atoms with Gasteiger partial charge in [0.05, 0.1) is 6.54 Å². The first-order valence-electron chi connectivity index (χ1n) is 8.26. The maximum atomic E-state index is 12.0. The Morgan fingerprint density at radius 1 is 1.12 bits per heavy atom. The predicted molar refractivity (Wildman–Crippen MR) is 99.4 cm³/mol.